The number of carbonyl (C=O) groups is 1. The average molecular weight is 464 g/mol. The number of pyridine rings is 1. The van der Waals surface area contributed by atoms with Crippen LogP contribution in [-0.4, -0.2) is 87.9 Å². The molecule has 0 bridgehead atoms. The van der Waals surface area contributed by atoms with Crippen LogP contribution >= 0.6 is 11.6 Å². The van der Waals surface area contributed by atoms with Gasteiger partial charge in [0.2, 0.25) is 0 Å². The fourth-order valence-electron chi connectivity index (χ4n) is 4.25. The molecule has 1 N–H and O–H groups in total. The number of aromatic nitrogens is 3. The first-order valence-electron chi connectivity index (χ1n) is 10.3. The third kappa shape index (κ3) is 4.33. The Morgan fingerprint density at radius 2 is 2.19 bits per heavy atom. The predicted molar refractivity (Wildman–Crippen MR) is 114 cm³/mol. The van der Waals surface area contributed by atoms with E-state index in [0.29, 0.717) is 24.4 Å². The molecule has 170 valence electrons. The summed E-state index contributed by atoms with van der Waals surface area (Å²) in [5, 5.41) is 18.6. The summed E-state index contributed by atoms with van der Waals surface area (Å²) in [4.78, 5) is 29.4. The number of hydrogen-bond acceptors (Lipinski definition) is 8. The van der Waals surface area contributed by atoms with E-state index in [1.54, 1.807) is 0 Å². The number of rotatable bonds is 5. The van der Waals surface area contributed by atoms with Crippen LogP contribution in [0.25, 0.3) is 10.9 Å². The van der Waals surface area contributed by atoms with Crippen LogP contribution in [0.15, 0.2) is 6.20 Å². The second-order valence-corrected chi connectivity index (χ2v) is 8.34. The first-order valence-corrected chi connectivity index (χ1v) is 10.7. The highest BCUT2D eigenvalue weighted by Crippen LogP contribution is 2.31. The van der Waals surface area contributed by atoms with Gasteiger partial charge in [-0.2, -0.15) is 15.2 Å². The molecule has 2 saturated heterocycles. The van der Waals surface area contributed by atoms with E-state index in [1.807, 2.05) is 18.0 Å². The first kappa shape index (κ1) is 22.2. The summed E-state index contributed by atoms with van der Waals surface area (Å²) >= 11 is 5.88. The van der Waals surface area contributed by atoms with Gasteiger partial charge in [0.05, 0.1) is 23.9 Å². The molecule has 0 saturated carbocycles. The zero-order chi connectivity index (χ0) is 22.8. The van der Waals surface area contributed by atoms with E-state index in [0.717, 1.165) is 19.4 Å². The van der Waals surface area contributed by atoms with Gasteiger partial charge in [-0.3, -0.25) is 0 Å². The zero-order valence-corrected chi connectivity index (χ0v) is 18.3. The highest BCUT2D eigenvalue weighted by molar-refractivity contribution is 6.30. The molecule has 4 heterocycles. The largest absolute Gasteiger partial charge is 0.465 e. The van der Waals surface area contributed by atoms with Gasteiger partial charge in [0, 0.05) is 31.9 Å². The molecule has 2 atom stereocenters. The number of carboxylic acid groups (broad SMARTS) is 1. The number of amides is 1. The lowest BCUT2D eigenvalue weighted by Crippen LogP contribution is -2.55. The SMILES string of the molecule is CN1CCC[C@@H]1COc1nc(N2CCN(C(=O)O)[C@@H](CC#N)C2)c2cnc(Cl)c(F)c2n1. The van der Waals surface area contributed by atoms with Crippen molar-refractivity contribution in [1.29, 1.82) is 5.26 Å². The van der Waals surface area contributed by atoms with Gasteiger partial charge >= 0.3 is 12.1 Å². The summed E-state index contributed by atoms with van der Waals surface area (Å²) in [6, 6.07) is 1.73. The number of likely N-dealkylation sites (N-methyl/N-ethyl adjacent to an activating group) is 1. The molecule has 2 aliphatic rings. The number of nitrogens with zero attached hydrogens (tertiary/aromatic N) is 7. The molecule has 2 aromatic heterocycles. The Balaban J connectivity index is 1.68. The summed E-state index contributed by atoms with van der Waals surface area (Å²) < 4.78 is 20.6. The maximum atomic E-state index is 14.8. The number of piperazine rings is 1. The van der Waals surface area contributed by atoms with Crippen molar-refractivity contribution in [3.63, 3.8) is 0 Å². The number of fused-ring (bicyclic) bond motifs is 1. The van der Waals surface area contributed by atoms with Gasteiger partial charge in [-0.1, -0.05) is 11.6 Å². The minimum absolute atomic E-state index is 0.0118. The summed E-state index contributed by atoms with van der Waals surface area (Å²) in [5.41, 5.74) is -0.0118. The van der Waals surface area contributed by atoms with Crippen molar-refractivity contribution >= 4 is 34.4 Å². The second-order valence-electron chi connectivity index (χ2n) is 7.98. The van der Waals surface area contributed by atoms with Crippen molar-refractivity contribution < 1.29 is 19.0 Å². The van der Waals surface area contributed by atoms with Crippen molar-refractivity contribution in [2.75, 3.05) is 44.7 Å². The molecule has 1 amide bonds. The lowest BCUT2D eigenvalue weighted by atomic mass is 10.1. The third-order valence-electron chi connectivity index (χ3n) is 6.03. The topological polar surface area (TPSA) is 119 Å². The van der Waals surface area contributed by atoms with E-state index in [2.05, 4.69) is 19.9 Å². The van der Waals surface area contributed by atoms with Crippen LogP contribution in [0.2, 0.25) is 5.15 Å². The summed E-state index contributed by atoms with van der Waals surface area (Å²) in [6.07, 6.45) is 2.42. The highest BCUT2D eigenvalue weighted by atomic mass is 35.5. The fraction of sp³-hybridized carbons (Fsp3) is 0.550. The molecule has 2 aromatic rings. The van der Waals surface area contributed by atoms with E-state index in [9.17, 15) is 14.3 Å². The molecular weight excluding hydrogens is 441 g/mol. The van der Waals surface area contributed by atoms with E-state index in [-0.39, 0.29) is 42.2 Å². The predicted octanol–water partition coefficient (Wildman–Crippen LogP) is 2.37. The Bertz CT molecular complexity index is 1070. The average Bonchev–Trinajstić information content (AvgIpc) is 3.19. The minimum Gasteiger partial charge on any atom is -0.465 e. The Hall–Kier alpha value is -2.97. The Morgan fingerprint density at radius 1 is 1.38 bits per heavy atom. The lowest BCUT2D eigenvalue weighted by Gasteiger charge is -2.39. The van der Waals surface area contributed by atoms with Crippen LogP contribution in [-0.2, 0) is 0 Å². The third-order valence-corrected chi connectivity index (χ3v) is 6.30. The summed E-state index contributed by atoms with van der Waals surface area (Å²) in [5.74, 6) is -0.394. The number of ether oxygens (including phenoxy) is 1. The van der Waals surface area contributed by atoms with Crippen LogP contribution in [0.4, 0.5) is 15.0 Å². The van der Waals surface area contributed by atoms with Crippen molar-refractivity contribution in [3.05, 3.63) is 17.2 Å². The standard InChI is InChI=1S/C20H23ClFN7O3/c1-27-6-2-3-13(27)11-32-19-25-16-14(9-24-17(21)15(16)22)18(26-19)28-7-8-29(20(30)31)12(10-28)4-5-23/h9,12-13H,2-4,6-8,10-11H2,1H3,(H,30,31)/t12-,13+/m0/s1. The molecule has 0 radical (unpaired) electrons. The quantitative estimate of drug-likeness (QED) is 0.666. The van der Waals surface area contributed by atoms with Gasteiger partial charge in [-0.05, 0) is 26.4 Å². The van der Waals surface area contributed by atoms with Crippen molar-refractivity contribution in [3.8, 4) is 12.1 Å². The monoisotopic (exact) mass is 463 g/mol. The number of hydrogen-bond donors (Lipinski definition) is 1. The van der Waals surface area contributed by atoms with Gasteiger partial charge in [0.1, 0.15) is 17.9 Å². The molecule has 2 aliphatic heterocycles. The van der Waals surface area contributed by atoms with Crippen LogP contribution in [0, 0.1) is 17.1 Å². The molecule has 2 fully saturated rings. The van der Waals surface area contributed by atoms with Crippen molar-refractivity contribution in [2.24, 2.45) is 0 Å². The molecule has 32 heavy (non-hydrogen) atoms. The highest BCUT2D eigenvalue weighted by Gasteiger charge is 2.32. The van der Waals surface area contributed by atoms with Crippen LogP contribution < -0.4 is 9.64 Å². The van der Waals surface area contributed by atoms with Gasteiger partial charge in [0.15, 0.2) is 11.0 Å². The number of nitriles is 1. The van der Waals surface area contributed by atoms with Crippen LogP contribution in [0.3, 0.4) is 0 Å². The van der Waals surface area contributed by atoms with Gasteiger partial charge < -0.3 is 24.5 Å². The molecule has 0 spiro atoms. The summed E-state index contributed by atoms with van der Waals surface area (Å²) in [6.45, 7) is 2.07. The van der Waals surface area contributed by atoms with Gasteiger partial charge in [0.25, 0.3) is 0 Å². The maximum Gasteiger partial charge on any atom is 0.407 e. The molecule has 0 aromatic carbocycles. The number of anilines is 1. The first-order chi connectivity index (χ1) is 15.4. The molecule has 0 aliphatic carbocycles. The van der Waals surface area contributed by atoms with Crippen LogP contribution in [0.5, 0.6) is 6.01 Å². The van der Waals surface area contributed by atoms with Crippen molar-refractivity contribution in [2.45, 2.75) is 31.3 Å². The Kier molecular flexibility index (Phi) is 6.43. The van der Waals surface area contributed by atoms with E-state index >= 15 is 0 Å². The van der Waals surface area contributed by atoms with E-state index in [1.165, 1.54) is 11.1 Å². The lowest BCUT2D eigenvalue weighted by molar-refractivity contribution is 0.119. The molecule has 4 rings (SSSR count). The van der Waals surface area contributed by atoms with Gasteiger partial charge in [-0.25, -0.2) is 14.2 Å². The minimum atomic E-state index is -1.08. The van der Waals surface area contributed by atoms with Crippen LogP contribution in [0.1, 0.15) is 19.3 Å². The Labute approximate surface area is 189 Å². The Morgan fingerprint density at radius 3 is 2.88 bits per heavy atom. The summed E-state index contributed by atoms with van der Waals surface area (Å²) in [7, 11) is 2.02. The molecular formula is C20H23ClFN7O3. The molecule has 0 unspecified atom stereocenters. The fourth-order valence-corrected chi connectivity index (χ4v) is 4.38. The number of halogens is 2. The van der Waals surface area contributed by atoms with Gasteiger partial charge in [-0.15, -0.1) is 0 Å². The smallest absolute Gasteiger partial charge is 0.407 e. The molecule has 10 nitrogen and oxygen atoms in total. The zero-order valence-electron chi connectivity index (χ0n) is 17.5. The second kappa shape index (κ2) is 9.26. The van der Waals surface area contributed by atoms with E-state index < -0.39 is 18.0 Å². The van der Waals surface area contributed by atoms with Crippen molar-refractivity contribution in [1.82, 2.24) is 24.8 Å². The normalized spacial score (nSPS) is 21.7. The maximum absolute atomic E-state index is 14.8. The number of likely N-dealkylation sites (tertiary alicyclic amines) is 1. The molecule has 12 heteroatoms. The van der Waals surface area contributed by atoms with E-state index in [4.69, 9.17) is 21.6 Å².